The Balaban J connectivity index is 0.00000191. The van der Waals surface area contributed by atoms with E-state index in [1.54, 1.807) is 0 Å². The molecule has 1 radical (unpaired) electrons. The second-order valence-electron chi connectivity index (χ2n) is 16.4. The van der Waals surface area contributed by atoms with Crippen LogP contribution in [0.25, 0.3) is 0 Å². The van der Waals surface area contributed by atoms with Crippen molar-refractivity contribution in [2.45, 2.75) is 149 Å². The van der Waals surface area contributed by atoms with Crippen molar-refractivity contribution in [3.63, 3.8) is 0 Å². The van der Waals surface area contributed by atoms with Crippen molar-refractivity contribution in [3.8, 4) is 11.5 Å². The van der Waals surface area contributed by atoms with Crippen LogP contribution in [-0.4, -0.2) is 45.8 Å². The van der Waals surface area contributed by atoms with Crippen LogP contribution in [0.5, 0.6) is 11.5 Å². The summed E-state index contributed by atoms with van der Waals surface area (Å²) in [5.41, 5.74) is 5.39. The minimum Gasteiger partial charge on any atom is -0.507 e. The number of aliphatic imine (C=N–C) groups is 2. The van der Waals surface area contributed by atoms with Gasteiger partial charge in [-0.3, -0.25) is 14.8 Å². The number of phenols is 2. The quantitative estimate of drug-likeness (QED) is 0.225. The fraction of sp³-hybridized carbons (Fsp3) is 0.605. The van der Waals surface area contributed by atoms with Crippen molar-refractivity contribution < 1.29 is 37.2 Å². The van der Waals surface area contributed by atoms with E-state index in [1.165, 1.54) is 11.1 Å². The number of rotatable bonds is 4. The number of hydrogen-bond acceptors (Lipinski definition) is 5. The number of nitrogens with zero attached hydrogens (tertiary/aromatic N) is 2. The Hall–Kier alpha value is -2.63. The van der Waals surface area contributed by atoms with E-state index in [9.17, 15) is 10.2 Å². The van der Waals surface area contributed by atoms with Crippen LogP contribution in [0.15, 0.2) is 34.3 Å². The largest absolute Gasteiger partial charge is 0.507 e. The van der Waals surface area contributed by atoms with Crippen molar-refractivity contribution >= 4 is 18.4 Å². The minimum absolute atomic E-state index is 0. The number of aliphatic carboxylic acids is 1. The van der Waals surface area contributed by atoms with Crippen LogP contribution in [0.3, 0.4) is 0 Å². The van der Waals surface area contributed by atoms with Crippen LogP contribution >= 0.6 is 0 Å². The third-order valence-corrected chi connectivity index (χ3v) is 8.13. The van der Waals surface area contributed by atoms with Gasteiger partial charge in [-0.15, -0.1) is 0 Å². The zero-order chi connectivity index (χ0) is 33.8. The molecule has 0 aromatic heterocycles. The smallest absolute Gasteiger partial charge is 0.300 e. The zero-order valence-corrected chi connectivity index (χ0v) is 31.1. The van der Waals surface area contributed by atoms with Gasteiger partial charge in [-0.05, 0) is 57.8 Å². The maximum atomic E-state index is 11.2. The normalized spacial score (nSPS) is 18.0. The number of hydrogen-bond donors (Lipinski definition) is 3. The fourth-order valence-electron chi connectivity index (χ4n) is 5.31. The average Bonchev–Trinajstić information content (AvgIpc) is 2.84. The summed E-state index contributed by atoms with van der Waals surface area (Å²) in [6.45, 7) is 27.1. The third kappa shape index (κ3) is 11.6. The summed E-state index contributed by atoms with van der Waals surface area (Å²) in [7, 11) is 0. The van der Waals surface area contributed by atoms with Gasteiger partial charge >= 0.3 is 0 Å². The second-order valence-corrected chi connectivity index (χ2v) is 16.4. The Labute approximate surface area is 283 Å². The van der Waals surface area contributed by atoms with Gasteiger partial charge in [0.15, 0.2) is 0 Å². The molecule has 7 heteroatoms. The first kappa shape index (κ1) is 40.4. The summed E-state index contributed by atoms with van der Waals surface area (Å²) < 4.78 is 0. The predicted molar refractivity (Wildman–Crippen MR) is 186 cm³/mol. The van der Waals surface area contributed by atoms with E-state index in [-0.39, 0.29) is 50.8 Å². The van der Waals surface area contributed by atoms with Crippen molar-refractivity contribution in [1.29, 1.82) is 0 Å². The molecule has 45 heavy (non-hydrogen) atoms. The van der Waals surface area contributed by atoms with Crippen LogP contribution in [-0.2, 0) is 43.5 Å². The molecule has 2 aromatic rings. The average molecular weight is 662 g/mol. The molecule has 1 fully saturated rings. The van der Waals surface area contributed by atoms with E-state index in [4.69, 9.17) is 19.9 Å². The zero-order valence-electron chi connectivity index (χ0n) is 30.0. The van der Waals surface area contributed by atoms with Crippen LogP contribution < -0.4 is 0 Å². The first-order chi connectivity index (χ1) is 19.9. The van der Waals surface area contributed by atoms with Crippen LogP contribution in [0, 0.1) is 0 Å². The molecule has 6 nitrogen and oxygen atoms in total. The maximum absolute atomic E-state index is 11.2. The fourth-order valence-corrected chi connectivity index (χ4v) is 5.31. The maximum Gasteiger partial charge on any atom is 0.300 e. The Morgan fingerprint density at radius 3 is 1.18 bits per heavy atom. The SMILES string of the molecule is CC(=O)O.CC(C)(C)c1cc(C=N[C@H]2CCCC[C@@H]2N=Cc2cc(C(C)(C)C)cc(C(C)(C)C)c2O)c(O)c(C(C)(C)C)c1.[Mn]. The summed E-state index contributed by atoms with van der Waals surface area (Å²) in [6.07, 6.45) is 7.90. The number of carboxylic acids is 1. The van der Waals surface area contributed by atoms with E-state index in [0.717, 1.165) is 54.9 Å². The van der Waals surface area contributed by atoms with Gasteiger partial charge in [-0.1, -0.05) is 108 Å². The Morgan fingerprint density at radius 2 is 0.933 bits per heavy atom. The molecule has 0 saturated heterocycles. The van der Waals surface area contributed by atoms with Crippen molar-refractivity contribution in [3.05, 3.63) is 57.6 Å². The second kappa shape index (κ2) is 15.3. The summed E-state index contributed by atoms with van der Waals surface area (Å²) in [5.74, 6) is -0.197. The van der Waals surface area contributed by atoms with Gasteiger partial charge in [-0.25, -0.2) is 0 Å². The van der Waals surface area contributed by atoms with Gasteiger partial charge in [-0.2, -0.15) is 0 Å². The van der Waals surface area contributed by atoms with E-state index < -0.39 is 5.97 Å². The van der Waals surface area contributed by atoms with Gasteiger partial charge in [0.1, 0.15) is 11.5 Å². The summed E-state index contributed by atoms with van der Waals surface area (Å²) >= 11 is 0. The van der Waals surface area contributed by atoms with Crippen LogP contribution in [0.4, 0.5) is 0 Å². The molecule has 0 bridgehead atoms. The number of carbonyl (C=O) groups is 1. The first-order valence-corrected chi connectivity index (χ1v) is 15.9. The van der Waals surface area contributed by atoms with E-state index >= 15 is 0 Å². The monoisotopic (exact) mass is 661 g/mol. The van der Waals surface area contributed by atoms with Crippen molar-refractivity contribution in [1.82, 2.24) is 0 Å². The van der Waals surface area contributed by atoms with Crippen LogP contribution in [0.1, 0.15) is 149 Å². The molecular weight excluding hydrogens is 603 g/mol. The van der Waals surface area contributed by atoms with Gasteiger partial charge in [0.05, 0.1) is 12.1 Å². The molecule has 0 aliphatic heterocycles. The van der Waals surface area contributed by atoms with Gasteiger partial charge < -0.3 is 15.3 Å². The molecular formula is C38H58MnN2O4. The first-order valence-electron chi connectivity index (χ1n) is 15.9. The van der Waals surface area contributed by atoms with Gasteiger partial charge in [0.2, 0.25) is 0 Å². The molecule has 3 rings (SSSR count). The van der Waals surface area contributed by atoms with Crippen molar-refractivity contribution in [2.24, 2.45) is 9.98 Å². The number of carboxylic acid groups (broad SMARTS) is 1. The van der Waals surface area contributed by atoms with E-state index in [2.05, 4.69) is 107 Å². The molecule has 0 spiro atoms. The third-order valence-electron chi connectivity index (χ3n) is 8.13. The molecule has 2 aromatic carbocycles. The molecule has 3 N–H and O–H groups in total. The van der Waals surface area contributed by atoms with Gasteiger partial charge in [0, 0.05) is 58.7 Å². The number of phenolic OH excluding ortho intramolecular Hbond substituents is 2. The number of aromatic hydroxyl groups is 2. The van der Waals surface area contributed by atoms with Crippen LogP contribution in [0.2, 0.25) is 0 Å². The Bertz CT molecular complexity index is 1260. The summed E-state index contributed by atoms with van der Waals surface area (Å²) in [4.78, 5) is 19.1. The topological polar surface area (TPSA) is 102 Å². The molecule has 0 heterocycles. The van der Waals surface area contributed by atoms with Crippen molar-refractivity contribution in [2.75, 3.05) is 0 Å². The molecule has 251 valence electrons. The summed E-state index contributed by atoms with van der Waals surface area (Å²) in [5, 5.41) is 29.9. The molecule has 1 aliphatic carbocycles. The summed E-state index contributed by atoms with van der Waals surface area (Å²) in [6, 6.07) is 8.53. The van der Waals surface area contributed by atoms with E-state index in [0.29, 0.717) is 11.5 Å². The molecule has 1 aliphatic rings. The Morgan fingerprint density at radius 1 is 0.644 bits per heavy atom. The molecule has 2 atom stereocenters. The number of benzene rings is 2. The standard InChI is InChI=1S/C36H54N2O2.C2H4O2.Mn/c1-33(2,3)25-17-23(31(39)27(19-25)35(7,8)9)21-37-29-15-13-14-16-30(29)38-22-24-18-26(34(4,5)6)20-28(32(24)40)36(10,11)12;1-2(3)4;/h17-22,29-30,39-40H,13-16H2,1-12H3;1H3,(H,3,4);/t29-,30-;;/m0../s1. The Kier molecular flexibility index (Phi) is 13.7. The molecule has 1 saturated carbocycles. The molecule has 0 unspecified atom stereocenters. The minimum atomic E-state index is -0.833. The molecule has 0 amide bonds. The van der Waals surface area contributed by atoms with E-state index in [1.807, 2.05) is 12.4 Å². The van der Waals surface area contributed by atoms with Gasteiger partial charge in [0.25, 0.3) is 5.97 Å². The predicted octanol–water partition coefficient (Wildman–Crippen LogP) is 9.23.